The summed E-state index contributed by atoms with van der Waals surface area (Å²) < 4.78 is 2.26. The van der Waals surface area contributed by atoms with Crippen molar-refractivity contribution in [2.24, 2.45) is 0 Å². The van der Waals surface area contributed by atoms with Crippen LogP contribution < -0.4 is 11.0 Å². The van der Waals surface area contributed by atoms with Crippen LogP contribution in [-0.4, -0.2) is 37.2 Å². The highest BCUT2D eigenvalue weighted by Crippen LogP contribution is 2.30. The van der Waals surface area contributed by atoms with Crippen LogP contribution in [0.4, 0.5) is 0 Å². The zero-order valence-electron chi connectivity index (χ0n) is 17.0. The summed E-state index contributed by atoms with van der Waals surface area (Å²) >= 11 is 1.38. The van der Waals surface area contributed by atoms with Gasteiger partial charge in [-0.15, -0.1) is 11.3 Å². The molecule has 5 aromatic rings. The zero-order valence-corrected chi connectivity index (χ0v) is 17.8. The zero-order chi connectivity index (χ0) is 21.9. The number of para-hydroxylation sites is 1. The molecule has 0 saturated carbocycles. The molecule has 3 heterocycles. The van der Waals surface area contributed by atoms with Crippen molar-refractivity contribution in [3.05, 3.63) is 99.9 Å². The Balaban J connectivity index is 1.35. The number of benzene rings is 2. The van der Waals surface area contributed by atoms with E-state index < -0.39 is 5.69 Å². The highest BCUT2D eigenvalue weighted by atomic mass is 32.1. The van der Waals surface area contributed by atoms with E-state index >= 15 is 0 Å². The molecule has 0 radical (unpaired) electrons. The van der Waals surface area contributed by atoms with Gasteiger partial charge in [0.25, 0.3) is 0 Å². The number of tetrazole rings is 1. The van der Waals surface area contributed by atoms with E-state index in [2.05, 4.69) is 38.9 Å². The van der Waals surface area contributed by atoms with Gasteiger partial charge in [0.05, 0.1) is 0 Å². The maximum absolute atomic E-state index is 12.7. The second-order valence-electron chi connectivity index (χ2n) is 7.34. The van der Waals surface area contributed by atoms with E-state index in [4.69, 9.17) is 0 Å². The summed E-state index contributed by atoms with van der Waals surface area (Å²) in [5.74, 6) is -0.346. The molecule has 5 rings (SSSR count). The van der Waals surface area contributed by atoms with Gasteiger partial charge in [-0.1, -0.05) is 48.5 Å². The maximum atomic E-state index is 12.7. The fraction of sp³-hybridized carbons (Fsp3) is 0.130. The van der Waals surface area contributed by atoms with Gasteiger partial charge in [-0.05, 0) is 45.1 Å². The lowest BCUT2D eigenvalue weighted by Crippen LogP contribution is -2.35. The quantitative estimate of drug-likeness (QED) is 0.403. The highest BCUT2D eigenvalue weighted by Gasteiger charge is 2.20. The van der Waals surface area contributed by atoms with Crippen molar-refractivity contribution >= 4 is 28.1 Å². The van der Waals surface area contributed by atoms with E-state index in [0.29, 0.717) is 11.5 Å². The third-order valence-electron chi connectivity index (χ3n) is 5.35. The molecule has 0 aliphatic carbocycles. The van der Waals surface area contributed by atoms with Gasteiger partial charge in [0, 0.05) is 29.6 Å². The van der Waals surface area contributed by atoms with Gasteiger partial charge >= 0.3 is 5.69 Å². The Morgan fingerprint density at radius 3 is 2.66 bits per heavy atom. The molecule has 1 amide bonds. The van der Waals surface area contributed by atoms with Crippen LogP contribution in [0.5, 0.6) is 0 Å². The number of nitrogens with one attached hydrogen (secondary N) is 2. The van der Waals surface area contributed by atoms with Gasteiger partial charge in [0.1, 0.15) is 11.5 Å². The number of carbonyl (C=O) groups excluding carboxylic acids is 1. The van der Waals surface area contributed by atoms with Crippen LogP contribution in [-0.2, 0) is 11.3 Å². The lowest BCUT2D eigenvalue weighted by atomic mass is 9.91. The molecule has 0 aliphatic rings. The number of H-pyrrole nitrogens is 1. The Kier molecular flexibility index (Phi) is 5.39. The van der Waals surface area contributed by atoms with Gasteiger partial charge in [-0.25, -0.2) is 4.79 Å². The Labute approximate surface area is 187 Å². The molecule has 3 aromatic heterocycles. The predicted octanol–water partition coefficient (Wildman–Crippen LogP) is 2.92. The first-order valence-corrected chi connectivity index (χ1v) is 11.0. The summed E-state index contributed by atoms with van der Waals surface area (Å²) in [5.41, 5.74) is 2.80. The van der Waals surface area contributed by atoms with Crippen LogP contribution in [0.2, 0.25) is 0 Å². The molecule has 2 N–H and O–H groups in total. The monoisotopic (exact) mass is 444 g/mol. The number of amides is 1. The maximum Gasteiger partial charge on any atom is 0.369 e. The van der Waals surface area contributed by atoms with Crippen LogP contribution in [0.3, 0.4) is 0 Å². The Morgan fingerprint density at radius 1 is 1.03 bits per heavy atom. The van der Waals surface area contributed by atoms with Crippen LogP contribution in [0.15, 0.2) is 83.1 Å². The molecule has 0 spiro atoms. The largest absolute Gasteiger partial charge is 0.369 e. The van der Waals surface area contributed by atoms with Crippen LogP contribution >= 0.6 is 11.3 Å². The number of aromatic amines is 1. The normalized spacial score (nSPS) is 12.1. The van der Waals surface area contributed by atoms with Crippen LogP contribution in [0, 0.1) is 0 Å². The third kappa shape index (κ3) is 3.85. The minimum atomic E-state index is -0.446. The van der Waals surface area contributed by atoms with Crippen molar-refractivity contribution in [3.63, 3.8) is 0 Å². The van der Waals surface area contributed by atoms with Crippen molar-refractivity contribution in [1.82, 2.24) is 30.1 Å². The SMILES string of the molecule is O=C(Cn1nnn(-c2cccs2)c1=O)NC[C@@H](c1ccccc1)c1c[nH]c2ccccc12. The predicted molar refractivity (Wildman–Crippen MR) is 123 cm³/mol. The number of rotatable bonds is 7. The number of fused-ring (bicyclic) bond motifs is 1. The molecule has 32 heavy (non-hydrogen) atoms. The second kappa shape index (κ2) is 8.64. The first kappa shape index (κ1) is 20.0. The number of hydrogen-bond acceptors (Lipinski definition) is 5. The standard InChI is InChI=1S/C23H20N6O2S/c30-21(15-28-23(31)29(27-26-28)22-11-6-12-32-22)25-13-18(16-7-2-1-3-8-16)19-14-24-20-10-5-4-9-17(19)20/h1-12,14,18,24H,13,15H2,(H,25,30)/t18-/m0/s1. The second-order valence-corrected chi connectivity index (χ2v) is 8.27. The number of nitrogens with zero attached hydrogens (tertiary/aromatic N) is 4. The van der Waals surface area contributed by atoms with Crippen molar-refractivity contribution in [1.29, 1.82) is 0 Å². The van der Waals surface area contributed by atoms with E-state index in [1.165, 1.54) is 16.0 Å². The van der Waals surface area contributed by atoms with Crippen LogP contribution in [0.1, 0.15) is 17.0 Å². The summed E-state index contributed by atoms with van der Waals surface area (Å²) in [4.78, 5) is 28.5. The van der Waals surface area contributed by atoms with Gasteiger partial charge in [0.15, 0.2) is 0 Å². The molecular weight excluding hydrogens is 424 g/mol. The van der Waals surface area contributed by atoms with Crippen molar-refractivity contribution in [2.75, 3.05) is 6.54 Å². The van der Waals surface area contributed by atoms with E-state index in [1.54, 1.807) is 6.07 Å². The molecule has 9 heteroatoms. The molecule has 2 aromatic carbocycles. The van der Waals surface area contributed by atoms with E-state index in [9.17, 15) is 9.59 Å². The van der Waals surface area contributed by atoms with Crippen molar-refractivity contribution < 1.29 is 4.79 Å². The number of hydrogen-bond donors (Lipinski definition) is 2. The van der Waals surface area contributed by atoms with Gasteiger partial charge in [-0.2, -0.15) is 9.36 Å². The number of carbonyl (C=O) groups is 1. The van der Waals surface area contributed by atoms with Gasteiger partial charge in [-0.3, -0.25) is 4.79 Å². The Morgan fingerprint density at radius 2 is 1.84 bits per heavy atom. The Hall–Kier alpha value is -3.98. The third-order valence-corrected chi connectivity index (χ3v) is 6.19. The smallest absolute Gasteiger partial charge is 0.361 e. The molecule has 0 fully saturated rings. The van der Waals surface area contributed by atoms with E-state index in [0.717, 1.165) is 26.7 Å². The average molecular weight is 445 g/mol. The fourth-order valence-corrected chi connectivity index (χ4v) is 4.45. The summed E-state index contributed by atoms with van der Waals surface area (Å²) in [5, 5.41) is 14.3. The van der Waals surface area contributed by atoms with Crippen LogP contribution in [0.25, 0.3) is 15.9 Å². The lowest BCUT2D eigenvalue weighted by Gasteiger charge is -2.18. The minimum Gasteiger partial charge on any atom is -0.361 e. The van der Waals surface area contributed by atoms with E-state index in [-0.39, 0.29) is 18.4 Å². The molecule has 0 unspecified atom stereocenters. The number of aromatic nitrogens is 5. The molecule has 0 aliphatic heterocycles. The minimum absolute atomic E-state index is 0.0465. The van der Waals surface area contributed by atoms with Crippen molar-refractivity contribution in [2.45, 2.75) is 12.5 Å². The first-order chi connectivity index (χ1) is 15.7. The Bertz CT molecular complexity index is 1400. The van der Waals surface area contributed by atoms with E-state index in [1.807, 2.05) is 54.0 Å². The summed E-state index contributed by atoms with van der Waals surface area (Å²) in [6.45, 7) is 0.193. The lowest BCUT2D eigenvalue weighted by molar-refractivity contribution is -0.121. The number of thiophene rings is 1. The molecule has 1 atom stereocenters. The summed E-state index contributed by atoms with van der Waals surface area (Å²) in [7, 11) is 0. The van der Waals surface area contributed by atoms with Gasteiger partial charge < -0.3 is 10.3 Å². The molecular formula is C23H20N6O2S. The molecule has 160 valence electrons. The molecule has 0 bridgehead atoms. The fourth-order valence-electron chi connectivity index (χ4n) is 3.78. The summed E-state index contributed by atoms with van der Waals surface area (Å²) in [6.07, 6.45) is 1.99. The summed E-state index contributed by atoms with van der Waals surface area (Å²) in [6, 6.07) is 21.7. The van der Waals surface area contributed by atoms with Crippen molar-refractivity contribution in [3.8, 4) is 5.00 Å². The van der Waals surface area contributed by atoms with Gasteiger partial charge in [0.2, 0.25) is 5.91 Å². The molecule has 8 nitrogen and oxygen atoms in total. The average Bonchev–Trinajstić information content (AvgIpc) is 3.56. The molecule has 0 saturated heterocycles. The first-order valence-electron chi connectivity index (χ1n) is 10.1. The topological polar surface area (TPSA) is 97.6 Å². The highest BCUT2D eigenvalue weighted by molar-refractivity contribution is 7.12.